The maximum Gasteiger partial charge on any atom is 0.449 e. The molecule has 1 unspecified atom stereocenters. The van der Waals surface area contributed by atoms with Gasteiger partial charge in [0.05, 0.1) is 5.92 Å². The molecule has 96 valence electrons. The number of halogens is 7. The summed E-state index contributed by atoms with van der Waals surface area (Å²) in [6, 6.07) is 0. The average molecular weight is 256 g/mol. The Labute approximate surface area is 85.0 Å². The van der Waals surface area contributed by atoms with E-state index >= 15 is 0 Å². The quantitative estimate of drug-likeness (QED) is 0.673. The third kappa shape index (κ3) is 1.56. The first-order valence-electron chi connectivity index (χ1n) is 4.05. The number of aliphatic hydroxyl groups is 1. The van der Waals surface area contributed by atoms with E-state index in [1.807, 2.05) is 0 Å². The van der Waals surface area contributed by atoms with Gasteiger partial charge in [-0.1, -0.05) is 6.92 Å². The predicted molar refractivity (Wildman–Crippen MR) is 36.0 cm³/mol. The molecule has 2 atom stereocenters. The molecule has 0 aromatic heterocycles. The summed E-state index contributed by atoms with van der Waals surface area (Å²) >= 11 is 0. The monoisotopic (exact) mass is 256 g/mol. The molecular weight excluding hydrogens is 249 g/mol. The molecule has 0 bridgehead atoms. The van der Waals surface area contributed by atoms with Crippen molar-refractivity contribution in [3.63, 3.8) is 0 Å². The van der Waals surface area contributed by atoms with Crippen LogP contribution >= 0.6 is 0 Å². The number of ether oxygens (including phenoxy) is 1. The molecule has 1 heterocycles. The van der Waals surface area contributed by atoms with Crippen molar-refractivity contribution < 1.29 is 40.6 Å². The van der Waals surface area contributed by atoms with Gasteiger partial charge in [-0.2, -0.15) is 22.0 Å². The lowest BCUT2D eigenvalue weighted by Crippen LogP contribution is -2.70. The van der Waals surface area contributed by atoms with E-state index in [4.69, 9.17) is 5.11 Å². The van der Waals surface area contributed by atoms with Crippen LogP contribution in [0.2, 0.25) is 0 Å². The summed E-state index contributed by atoms with van der Waals surface area (Å²) in [7, 11) is 0. The van der Waals surface area contributed by atoms with Crippen LogP contribution in [-0.4, -0.2) is 35.5 Å². The van der Waals surface area contributed by atoms with E-state index in [0.29, 0.717) is 0 Å². The van der Waals surface area contributed by atoms with Crippen LogP contribution in [0.4, 0.5) is 30.7 Å². The summed E-state index contributed by atoms with van der Waals surface area (Å²) in [5.74, 6) is -17.1. The molecule has 1 aliphatic rings. The molecule has 1 aliphatic heterocycles. The average Bonchev–Trinajstić information content (AvgIpc) is 2.08. The largest absolute Gasteiger partial charge is 0.449 e. The normalized spacial score (nSPS) is 38.4. The minimum Gasteiger partial charge on any atom is -0.354 e. The zero-order chi connectivity index (χ0) is 13.0. The second-order valence-corrected chi connectivity index (χ2v) is 3.54. The fourth-order valence-electron chi connectivity index (χ4n) is 1.25. The molecule has 0 aromatic carbocycles. The highest BCUT2D eigenvalue weighted by Gasteiger charge is 2.78. The summed E-state index contributed by atoms with van der Waals surface area (Å²) in [4.78, 5) is 0. The minimum atomic E-state index is -5.86. The van der Waals surface area contributed by atoms with Crippen molar-refractivity contribution in [1.29, 1.82) is 0 Å². The van der Waals surface area contributed by atoms with Gasteiger partial charge in [0.1, 0.15) is 6.61 Å². The summed E-state index contributed by atoms with van der Waals surface area (Å²) in [5, 5.41) is 8.71. The lowest BCUT2D eigenvalue weighted by molar-refractivity contribution is -0.474. The van der Waals surface area contributed by atoms with Gasteiger partial charge in [-0.25, -0.2) is 8.78 Å². The van der Waals surface area contributed by atoms with Gasteiger partial charge in [-0.3, -0.25) is 0 Å². The molecule has 0 saturated carbocycles. The third-order valence-corrected chi connectivity index (χ3v) is 2.49. The third-order valence-electron chi connectivity index (χ3n) is 2.49. The van der Waals surface area contributed by atoms with Gasteiger partial charge in [0.25, 0.3) is 5.92 Å². The van der Waals surface area contributed by atoms with E-state index in [1.165, 1.54) is 0 Å². The maximum absolute atomic E-state index is 13.1. The molecule has 9 heteroatoms. The highest BCUT2D eigenvalue weighted by Crippen LogP contribution is 2.54. The Hall–Kier alpha value is -0.570. The molecule has 0 aliphatic carbocycles. The smallest absolute Gasteiger partial charge is 0.354 e. The molecule has 0 spiro atoms. The van der Waals surface area contributed by atoms with Crippen LogP contribution in [0.1, 0.15) is 6.92 Å². The van der Waals surface area contributed by atoms with Gasteiger partial charge in [-0.05, 0) is 0 Å². The first-order chi connectivity index (χ1) is 6.86. The molecule has 1 saturated heterocycles. The van der Waals surface area contributed by atoms with Crippen molar-refractivity contribution in [3.8, 4) is 0 Å². The van der Waals surface area contributed by atoms with Crippen molar-refractivity contribution in [2.24, 2.45) is 5.92 Å². The second kappa shape index (κ2) is 3.22. The van der Waals surface area contributed by atoms with Gasteiger partial charge in [0.2, 0.25) is 0 Å². The van der Waals surface area contributed by atoms with Crippen LogP contribution in [0, 0.1) is 5.92 Å². The van der Waals surface area contributed by atoms with E-state index in [-0.39, 0.29) is 6.92 Å². The first-order valence-corrected chi connectivity index (χ1v) is 4.05. The van der Waals surface area contributed by atoms with E-state index in [0.717, 1.165) is 0 Å². The fourth-order valence-corrected chi connectivity index (χ4v) is 1.25. The Morgan fingerprint density at radius 1 is 1.19 bits per heavy atom. The van der Waals surface area contributed by atoms with Crippen molar-refractivity contribution in [3.05, 3.63) is 0 Å². The lowest BCUT2D eigenvalue weighted by atomic mass is 9.87. The van der Waals surface area contributed by atoms with Gasteiger partial charge in [0, 0.05) is 0 Å². The van der Waals surface area contributed by atoms with Crippen LogP contribution in [0.15, 0.2) is 0 Å². The molecule has 0 radical (unpaired) electrons. The number of hydrogen-bond donors (Lipinski definition) is 1. The molecule has 0 amide bonds. The van der Waals surface area contributed by atoms with Crippen LogP contribution in [0.25, 0.3) is 0 Å². The number of alkyl halides is 7. The van der Waals surface area contributed by atoms with Crippen molar-refractivity contribution in [1.82, 2.24) is 0 Å². The maximum atomic E-state index is 13.1. The molecular formula is C7H7F7O2. The van der Waals surface area contributed by atoms with E-state index in [9.17, 15) is 30.7 Å². The van der Waals surface area contributed by atoms with E-state index in [2.05, 4.69) is 4.74 Å². The Balaban J connectivity index is 3.20. The summed E-state index contributed by atoms with van der Waals surface area (Å²) in [5.41, 5.74) is 0. The molecule has 16 heavy (non-hydrogen) atoms. The second-order valence-electron chi connectivity index (χ2n) is 3.54. The Morgan fingerprint density at radius 3 is 2.00 bits per heavy atom. The predicted octanol–water partition coefficient (Wildman–Crippen LogP) is 2.17. The molecule has 0 aromatic rings. The van der Waals surface area contributed by atoms with Crippen LogP contribution in [-0.2, 0) is 4.74 Å². The topological polar surface area (TPSA) is 29.5 Å². The van der Waals surface area contributed by atoms with Crippen molar-refractivity contribution >= 4 is 0 Å². The highest BCUT2D eigenvalue weighted by atomic mass is 19.4. The van der Waals surface area contributed by atoms with Crippen LogP contribution in [0.3, 0.4) is 0 Å². The standard InChI is InChI=1S/C7H7F7O2/c1-3-4(8,9)2-16-6(15,5(3,10)11)7(12,13)14/h3,15H,2H2,1H3/t3-,6?/m0/s1. The fraction of sp³-hybridized carbons (Fsp3) is 1.00. The van der Waals surface area contributed by atoms with E-state index in [1.54, 1.807) is 0 Å². The Bertz CT molecular complexity index is 287. The minimum absolute atomic E-state index is 0.221. The molecule has 1 N–H and O–H groups in total. The Kier molecular flexibility index (Phi) is 2.72. The van der Waals surface area contributed by atoms with Gasteiger partial charge < -0.3 is 9.84 Å². The zero-order valence-corrected chi connectivity index (χ0v) is 7.79. The van der Waals surface area contributed by atoms with Gasteiger partial charge >= 0.3 is 17.9 Å². The van der Waals surface area contributed by atoms with Crippen LogP contribution in [0.5, 0.6) is 0 Å². The molecule has 2 nitrogen and oxygen atoms in total. The number of rotatable bonds is 0. The van der Waals surface area contributed by atoms with Crippen LogP contribution < -0.4 is 0 Å². The van der Waals surface area contributed by atoms with Gasteiger partial charge in [-0.15, -0.1) is 0 Å². The highest BCUT2D eigenvalue weighted by molar-refractivity contribution is 5.02. The first kappa shape index (κ1) is 13.5. The molecule has 1 rings (SSSR count). The zero-order valence-electron chi connectivity index (χ0n) is 7.79. The SMILES string of the molecule is C[C@H]1C(F)(F)COC(O)(C(F)(F)F)C1(F)F. The van der Waals surface area contributed by atoms with Gasteiger partial charge in [0.15, 0.2) is 0 Å². The molecule has 1 fully saturated rings. The number of hydrogen-bond acceptors (Lipinski definition) is 2. The summed E-state index contributed by atoms with van der Waals surface area (Å²) in [6.07, 6.45) is -5.86. The Morgan fingerprint density at radius 2 is 1.62 bits per heavy atom. The summed E-state index contributed by atoms with van der Waals surface area (Å²) in [6.45, 7) is -1.70. The van der Waals surface area contributed by atoms with E-state index < -0.39 is 36.3 Å². The van der Waals surface area contributed by atoms with Crippen molar-refractivity contribution in [2.45, 2.75) is 30.7 Å². The summed E-state index contributed by atoms with van der Waals surface area (Å²) < 4.78 is 91.3. The lowest BCUT2D eigenvalue weighted by Gasteiger charge is -2.46. The van der Waals surface area contributed by atoms with Crippen molar-refractivity contribution in [2.75, 3.05) is 6.61 Å².